The Labute approximate surface area is 257 Å². The van der Waals surface area contributed by atoms with E-state index in [-0.39, 0.29) is 70.7 Å². The normalized spacial score (nSPS) is 11.4. The Morgan fingerprint density at radius 1 is 0.778 bits per heavy atom. The van der Waals surface area contributed by atoms with Crippen molar-refractivity contribution >= 4 is 44.3 Å². The van der Waals surface area contributed by atoms with E-state index < -0.39 is 22.3 Å². The fourth-order valence-corrected chi connectivity index (χ4v) is 5.07. The van der Waals surface area contributed by atoms with Crippen LogP contribution in [0.5, 0.6) is 23.0 Å². The van der Waals surface area contributed by atoms with Crippen LogP contribution in [0.4, 0.5) is 0 Å². The molecular weight excluding hydrogens is 612 g/mol. The number of methoxy groups -OCH3 is 2. The molecule has 0 aliphatic rings. The molecule has 0 spiro atoms. The molecule has 45 heavy (non-hydrogen) atoms. The smallest absolute Gasteiger partial charge is 0.446 e. The van der Waals surface area contributed by atoms with Crippen LogP contribution >= 0.6 is 0 Å². The monoisotopic (exact) mass is 640 g/mol. The summed E-state index contributed by atoms with van der Waals surface area (Å²) in [6, 6.07) is 14.8. The molecule has 1 N–H and O–H groups in total. The Hall–Kier alpha value is -5.21. The van der Waals surface area contributed by atoms with Gasteiger partial charge in [0.2, 0.25) is 0 Å². The highest BCUT2D eigenvalue weighted by Crippen LogP contribution is 2.40. The van der Waals surface area contributed by atoms with Gasteiger partial charge >= 0.3 is 22.3 Å². The minimum Gasteiger partial charge on any atom is -0.493 e. The minimum absolute atomic E-state index is 0.0162. The maximum absolute atomic E-state index is 13.1. The van der Waals surface area contributed by atoms with Gasteiger partial charge in [0.05, 0.1) is 20.8 Å². The summed E-state index contributed by atoms with van der Waals surface area (Å²) in [5.41, 5.74) is 1.44. The van der Waals surface area contributed by atoms with Gasteiger partial charge in [0.15, 0.2) is 28.8 Å². The van der Waals surface area contributed by atoms with Crippen LogP contribution in [0.2, 0.25) is 0 Å². The van der Waals surface area contributed by atoms with E-state index in [0.717, 1.165) is 11.6 Å². The third-order valence-corrected chi connectivity index (χ3v) is 7.04. The number of rotatable bonds is 12. The summed E-state index contributed by atoms with van der Waals surface area (Å²) >= 11 is 0. The first kappa shape index (κ1) is 31.2. The summed E-state index contributed by atoms with van der Waals surface area (Å²) < 4.78 is 75.8. The third-order valence-electron chi connectivity index (χ3n) is 6.65. The van der Waals surface area contributed by atoms with E-state index in [9.17, 15) is 22.6 Å². The number of hydrogen-bond donors (Lipinski definition) is 1. The molecule has 0 bridgehead atoms. The van der Waals surface area contributed by atoms with E-state index in [1.165, 1.54) is 20.3 Å². The molecule has 0 unspecified atom stereocenters. The first-order valence-corrected chi connectivity index (χ1v) is 14.8. The number of benzene rings is 3. The van der Waals surface area contributed by atoms with Gasteiger partial charge in [-0.05, 0) is 31.5 Å². The number of furan rings is 2. The maximum atomic E-state index is 13.1. The van der Waals surface area contributed by atoms with Gasteiger partial charge in [-0.25, -0.2) is 9.59 Å². The zero-order valence-corrected chi connectivity index (χ0v) is 25.4. The second-order valence-electron chi connectivity index (χ2n) is 9.51. The van der Waals surface area contributed by atoms with Crippen LogP contribution in [0, 0.1) is 6.92 Å². The Balaban J connectivity index is 1.51. The van der Waals surface area contributed by atoms with Crippen molar-refractivity contribution in [2.75, 3.05) is 20.8 Å². The van der Waals surface area contributed by atoms with Crippen molar-refractivity contribution < 1.29 is 59.3 Å². The lowest BCUT2D eigenvalue weighted by atomic mass is 10.1. The lowest BCUT2D eigenvalue weighted by Gasteiger charge is -2.11. The first-order valence-electron chi connectivity index (χ1n) is 13.4. The summed E-state index contributed by atoms with van der Waals surface area (Å²) in [6.45, 7) is 3.02. The highest BCUT2D eigenvalue weighted by Gasteiger charge is 2.27. The van der Waals surface area contributed by atoms with Crippen LogP contribution in [-0.2, 0) is 33.1 Å². The Kier molecular flexibility index (Phi) is 8.88. The molecule has 236 valence electrons. The lowest BCUT2D eigenvalue weighted by Crippen LogP contribution is -2.09. The average Bonchev–Trinajstić information content (AvgIpc) is 3.52. The number of carbonyl (C=O) groups excluding carboxylic acids is 2. The maximum Gasteiger partial charge on any atom is 0.446 e. The van der Waals surface area contributed by atoms with Gasteiger partial charge in [0, 0.05) is 22.9 Å². The van der Waals surface area contributed by atoms with Crippen molar-refractivity contribution in [3.05, 3.63) is 82.8 Å². The molecule has 2 aromatic heterocycles. The SMILES string of the molecule is CCOC(=O)c1c(COc2cc3c(C(=O)OCc4ccccc4)c(C)oc3cc2OC)oc2cc(OC)c(OS(=O)(=O)O)cc12. The molecule has 0 aliphatic heterocycles. The van der Waals surface area contributed by atoms with Gasteiger partial charge in [0.1, 0.15) is 41.3 Å². The van der Waals surface area contributed by atoms with Gasteiger partial charge in [-0.3, -0.25) is 4.55 Å². The predicted octanol–water partition coefficient (Wildman–Crippen LogP) is 5.80. The van der Waals surface area contributed by atoms with Crippen LogP contribution in [0.15, 0.2) is 63.4 Å². The van der Waals surface area contributed by atoms with Gasteiger partial charge in [-0.15, -0.1) is 0 Å². The molecule has 0 amide bonds. The highest BCUT2D eigenvalue weighted by atomic mass is 32.3. The number of hydrogen-bond acceptors (Lipinski definition) is 12. The highest BCUT2D eigenvalue weighted by molar-refractivity contribution is 7.81. The minimum atomic E-state index is -4.92. The summed E-state index contributed by atoms with van der Waals surface area (Å²) in [6.07, 6.45) is 0. The van der Waals surface area contributed by atoms with Crippen molar-refractivity contribution in [3.63, 3.8) is 0 Å². The van der Waals surface area contributed by atoms with Crippen LogP contribution in [-0.4, -0.2) is 45.7 Å². The fraction of sp³-hybridized carbons (Fsp3) is 0.226. The van der Waals surface area contributed by atoms with Crippen molar-refractivity contribution in [1.29, 1.82) is 0 Å². The molecule has 2 heterocycles. The Morgan fingerprint density at radius 3 is 2.02 bits per heavy atom. The zero-order valence-electron chi connectivity index (χ0n) is 24.6. The van der Waals surface area contributed by atoms with Gasteiger partial charge in [-0.2, -0.15) is 8.42 Å². The number of esters is 2. The quantitative estimate of drug-likeness (QED) is 0.128. The van der Waals surface area contributed by atoms with E-state index in [1.807, 2.05) is 30.3 Å². The summed E-state index contributed by atoms with van der Waals surface area (Å²) in [5, 5.41) is 0.524. The molecule has 0 saturated carbocycles. The second kappa shape index (κ2) is 12.8. The zero-order chi connectivity index (χ0) is 32.3. The average molecular weight is 641 g/mol. The molecule has 3 aromatic carbocycles. The number of carbonyl (C=O) groups is 2. The molecular formula is C31H28O13S. The molecule has 0 aliphatic carbocycles. The van der Waals surface area contributed by atoms with E-state index in [0.29, 0.717) is 16.7 Å². The topological polar surface area (TPSA) is 170 Å². The van der Waals surface area contributed by atoms with Crippen LogP contribution in [0.1, 0.15) is 44.7 Å². The molecule has 0 radical (unpaired) electrons. The Bertz CT molecular complexity index is 1990. The third kappa shape index (κ3) is 6.66. The van der Waals surface area contributed by atoms with E-state index in [1.54, 1.807) is 26.0 Å². The van der Waals surface area contributed by atoms with Crippen molar-refractivity contribution in [2.24, 2.45) is 0 Å². The van der Waals surface area contributed by atoms with E-state index in [2.05, 4.69) is 4.18 Å². The molecule has 0 fully saturated rings. The number of aryl methyl sites for hydroxylation is 1. The van der Waals surface area contributed by atoms with E-state index >= 15 is 0 Å². The first-order chi connectivity index (χ1) is 21.5. The molecule has 5 rings (SSSR count). The number of ether oxygens (including phenoxy) is 5. The van der Waals surface area contributed by atoms with Crippen molar-refractivity contribution in [1.82, 2.24) is 0 Å². The van der Waals surface area contributed by atoms with Crippen molar-refractivity contribution in [2.45, 2.75) is 27.1 Å². The largest absolute Gasteiger partial charge is 0.493 e. The molecule has 13 nitrogen and oxygen atoms in total. The lowest BCUT2D eigenvalue weighted by molar-refractivity contribution is 0.0471. The van der Waals surface area contributed by atoms with Crippen LogP contribution < -0.4 is 18.4 Å². The van der Waals surface area contributed by atoms with Gasteiger partial charge in [-0.1, -0.05) is 30.3 Å². The summed E-state index contributed by atoms with van der Waals surface area (Å²) in [5.74, 6) is -1.06. The molecule has 0 saturated heterocycles. The van der Waals surface area contributed by atoms with Crippen LogP contribution in [0.3, 0.4) is 0 Å². The van der Waals surface area contributed by atoms with Crippen molar-refractivity contribution in [3.8, 4) is 23.0 Å². The molecule has 0 atom stereocenters. The summed E-state index contributed by atoms with van der Waals surface area (Å²) in [4.78, 5) is 26.1. The van der Waals surface area contributed by atoms with E-state index in [4.69, 9.17) is 32.5 Å². The Morgan fingerprint density at radius 2 is 1.38 bits per heavy atom. The standard InChI is InChI=1S/C31H28O13S/c1-5-39-31(33)29-20-12-26(44-45(34,35)36)24(38-4)14-22(20)43-27(29)16-40-25-11-19-21(13-23(25)37-3)42-17(2)28(19)30(32)41-15-18-9-7-6-8-10-18/h6-14H,5,15-16H2,1-4H3,(H,34,35,36). The summed E-state index contributed by atoms with van der Waals surface area (Å²) in [7, 11) is -2.24. The second-order valence-corrected chi connectivity index (χ2v) is 10.5. The predicted molar refractivity (Wildman–Crippen MR) is 158 cm³/mol. The number of fused-ring (bicyclic) bond motifs is 2. The van der Waals surface area contributed by atoms with Gasteiger partial charge in [0.25, 0.3) is 0 Å². The van der Waals surface area contributed by atoms with Crippen LogP contribution in [0.25, 0.3) is 21.9 Å². The van der Waals surface area contributed by atoms with Gasteiger partial charge < -0.3 is 36.7 Å². The molecule has 14 heteroatoms. The molecule has 5 aromatic rings. The fourth-order valence-electron chi connectivity index (χ4n) is 4.71.